The van der Waals surface area contributed by atoms with Gasteiger partial charge in [-0.3, -0.25) is 4.79 Å². The second kappa shape index (κ2) is 16.0. The molecule has 4 aromatic rings. The highest BCUT2D eigenvalue weighted by Gasteiger charge is 2.40. The number of fused-ring (bicyclic) bond motifs is 3. The van der Waals surface area contributed by atoms with Crippen LogP contribution >= 0.6 is 0 Å². The van der Waals surface area contributed by atoms with Crippen molar-refractivity contribution in [1.82, 2.24) is 0 Å². The number of alkyl halides is 6. The summed E-state index contributed by atoms with van der Waals surface area (Å²) in [6.45, 7) is 0. The number of hydrogen-bond donors (Lipinski definition) is 2. The molecule has 9 heteroatoms. The maximum atomic E-state index is 13.0. The Hall–Kier alpha value is -5.05. The van der Waals surface area contributed by atoms with Crippen molar-refractivity contribution in [2.45, 2.75) is 37.2 Å². The predicted octanol–water partition coefficient (Wildman–Crippen LogP) is 10.8. The highest BCUT2D eigenvalue weighted by molar-refractivity contribution is 5.74. The molecule has 0 spiro atoms. The van der Waals surface area contributed by atoms with Gasteiger partial charge >= 0.3 is 12.4 Å². The highest BCUT2D eigenvalue weighted by atomic mass is 19.4. The van der Waals surface area contributed by atoms with Gasteiger partial charge in [-0.2, -0.15) is 26.3 Å². The van der Waals surface area contributed by atoms with Gasteiger partial charge in [0.15, 0.2) is 0 Å². The lowest BCUT2D eigenvalue weighted by atomic mass is 9.76. The summed E-state index contributed by atoms with van der Waals surface area (Å²) < 4.78 is 74.7. The van der Waals surface area contributed by atoms with Gasteiger partial charge in [0.2, 0.25) is 0 Å². The van der Waals surface area contributed by atoms with Crippen molar-refractivity contribution in [3.8, 4) is 0 Å². The molecule has 1 heterocycles. The molecule has 3 aliphatic rings. The minimum Gasteiger partial charge on any atom is -0.399 e. The Balaban J connectivity index is 0.000000171. The lowest BCUT2D eigenvalue weighted by Gasteiger charge is -2.37. The van der Waals surface area contributed by atoms with E-state index >= 15 is 0 Å². The average Bonchev–Trinajstić information content (AvgIpc) is 3.82. The zero-order valence-electron chi connectivity index (χ0n) is 25.3. The smallest absolute Gasteiger partial charge is 0.399 e. The fourth-order valence-corrected chi connectivity index (χ4v) is 5.36. The number of allylic oxidation sites excluding steroid dienone is 6. The minimum absolute atomic E-state index is 0.0405. The quantitative estimate of drug-likeness (QED) is 0.0984. The summed E-state index contributed by atoms with van der Waals surface area (Å²) in [5.41, 5.74) is 7.75. The van der Waals surface area contributed by atoms with E-state index in [0.717, 1.165) is 54.1 Å². The number of halogens is 6. The van der Waals surface area contributed by atoms with Crippen molar-refractivity contribution in [3.05, 3.63) is 167 Å². The van der Waals surface area contributed by atoms with Gasteiger partial charge in [-0.05, 0) is 72.4 Å². The van der Waals surface area contributed by atoms with Gasteiger partial charge in [0.25, 0.3) is 0 Å². The van der Waals surface area contributed by atoms with Crippen LogP contribution in [0.1, 0.15) is 57.4 Å². The number of hydrogen-bond acceptors (Lipinski definition) is 3. The average molecular weight is 649 g/mol. The molecule has 244 valence electrons. The molecule has 0 saturated heterocycles. The molecule has 0 fully saturated rings. The zero-order chi connectivity index (χ0) is 33.9. The molecule has 3 atom stereocenters. The summed E-state index contributed by atoms with van der Waals surface area (Å²) in [5.74, 6) is 0.298. The van der Waals surface area contributed by atoms with Gasteiger partial charge in [-0.25, -0.2) is 0 Å². The first-order valence-corrected chi connectivity index (χ1v) is 14.9. The first-order chi connectivity index (χ1) is 22.5. The molecule has 47 heavy (non-hydrogen) atoms. The maximum Gasteiger partial charge on any atom is 0.416 e. The number of rotatable bonds is 2. The van der Waals surface area contributed by atoms with Gasteiger partial charge in [0.05, 0.1) is 17.2 Å². The van der Waals surface area contributed by atoms with Gasteiger partial charge < -0.3 is 11.1 Å². The van der Waals surface area contributed by atoms with E-state index in [-0.39, 0.29) is 17.9 Å². The monoisotopic (exact) mass is 648 g/mol. The molecular weight excluding hydrogens is 614 g/mol. The molecule has 7 rings (SSSR count). The molecule has 0 aromatic heterocycles. The normalized spacial score (nSPS) is 18.6. The van der Waals surface area contributed by atoms with E-state index in [0.29, 0.717) is 5.69 Å². The number of anilines is 2. The van der Waals surface area contributed by atoms with Gasteiger partial charge in [-0.15, -0.1) is 0 Å². The van der Waals surface area contributed by atoms with E-state index in [1.54, 1.807) is 18.2 Å². The summed E-state index contributed by atoms with van der Waals surface area (Å²) in [5, 5.41) is 3.46. The van der Waals surface area contributed by atoms with Crippen LogP contribution in [-0.2, 0) is 12.4 Å². The SMILES string of the molecule is C1=CCC=C1.FC(F)(F)c1ccc2c(c1)[C@H]1C=CC[C@H]1[C@@H](c1ccccc1)N2.Nc1ccc(C(F)(F)F)cc1.O=Cc1ccccc1. The third-order valence-corrected chi connectivity index (χ3v) is 7.68. The van der Waals surface area contributed by atoms with Gasteiger partial charge in [-0.1, -0.05) is 97.1 Å². The molecule has 0 radical (unpaired) electrons. The number of nitrogen functional groups attached to an aromatic ring is 1. The predicted molar refractivity (Wildman–Crippen MR) is 175 cm³/mol. The Kier molecular flexibility index (Phi) is 11.8. The lowest BCUT2D eigenvalue weighted by molar-refractivity contribution is -0.138. The molecule has 0 saturated carbocycles. The van der Waals surface area contributed by atoms with E-state index in [2.05, 4.69) is 53.9 Å². The van der Waals surface area contributed by atoms with Gasteiger partial charge in [0, 0.05) is 22.9 Å². The van der Waals surface area contributed by atoms with Crippen LogP contribution in [0, 0.1) is 5.92 Å². The van der Waals surface area contributed by atoms with Crippen LogP contribution < -0.4 is 11.1 Å². The molecule has 0 unspecified atom stereocenters. The molecule has 3 N–H and O–H groups in total. The van der Waals surface area contributed by atoms with Crippen LogP contribution in [0.25, 0.3) is 0 Å². The van der Waals surface area contributed by atoms with Crippen molar-refractivity contribution in [2.24, 2.45) is 5.92 Å². The third kappa shape index (κ3) is 9.97. The molecule has 1 aliphatic heterocycles. The van der Waals surface area contributed by atoms with Crippen LogP contribution in [0.15, 0.2) is 140 Å². The summed E-state index contributed by atoms with van der Waals surface area (Å²) in [6, 6.07) is 27.7. The van der Waals surface area contributed by atoms with E-state index in [1.807, 2.05) is 36.4 Å². The molecular formula is C38H34F6N2O. The van der Waals surface area contributed by atoms with E-state index in [1.165, 1.54) is 23.8 Å². The number of nitrogens with one attached hydrogen (secondary N) is 1. The third-order valence-electron chi connectivity index (χ3n) is 7.68. The first-order valence-electron chi connectivity index (χ1n) is 14.9. The van der Waals surface area contributed by atoms with Crippen molar-refractivity contribution in [1.29, 1.82) is 0 Å². The first kappa shape index (κ1) is 34.8. The van der Waals surface area contributed by atoms with Crippen molar-refractivity contribution < 1.29 is 31.1 Å². The van der Waals surface area contributed by atoms with E-state index < -0.39 is 23.5 Å². The van der Waals surface area contributed by atoms with Crippen LogP contribution in [-0.4, -0.2) is 6.29 Å². The lowest BCUT2D eigenvalue weighted by Crippen LogP contribution is -2.29. The zero-order valence-corrected chi connectivity index (χ0v) is 25.3. The summed E-state index contributed by atoms with van der Waals surface area (Å²) >= 11 is 0. The number of carbonyl (C=O) groups is 1. The topological polar surface area (TPSA) is 55.1 Å². The molecule has 3 nitrogen and oxygen atoms in total. The number of aldehydes is 1. The molecule has 2 aliphatic carbocycles. The number of carbonyl (C=O) groups excluding carboxylic acids is 1. The second-order valence-electron chi connectivity index (χ2n) is 10.9. The summed E-state index contributed by atoms with van der Waals surface area (Å²) in [4.78, 5) is 10.0. The van der Waals surface area contributed by atoms with Crippen molar-refractivity contribution in [3.63, 3.8) is 0 Å². The summed E-state index contributed by atoms with van der Waals surface area (Å²) in [7, 11) is 0. The largest absolute Gasteiger partial charge is 0.416 e. The Bertz CT molecular complexity index is 1650. The minimum atomic E-state index is -4.30. The maximum absolute atomic E-state index is 13.0. The van der Waals surface area contributed by atoms with Crippen molar-refractivity contribution >= 4 is 17.7 Å². The highest BCUT2D eigenvalue weighted by Crippen LogP contribution is 2.50. The fraction of sp³-hybridized carbons (Fsp3) is 0.184. The van der Waals surface area contributed by atoms with Crippen LogP contribution in [0.2, 0.25) is 0 Å². The van der Waals surface area contributed by atoms with Gasteiger partial charge in [0.1, 0.15) is 6.29 Å². The molecule has 0 amide bonds. The Morgan fingerprint density at radius 1 is 0.702 bits per heavy atom. The standard InChI is InChI=1S/C19H16F3N.C7H6F3N.C7H6O.C5H6/c20-19(21,22)13-9-10-17-16(11-13)14-7-4-8-15(14)18(23-17)12-5-2-1-3-6-12;8-7(9,10)5-1-3-6(11)4-2-5;8-6-7-4-2-1-3-5-7;1-2-4-5-3-1/h1-7,9-11,14-15,18,23H,8H2;1-4H,11H2;1-6H;1-4H,5H2/t14-,15+,18+;;;/m0.../s1. The van der Waals surface area contributed by atoms with Crippen LogP contribution in [0.5, 0.6) is 0 Å². The molecule has 0 bridgehead atoms. The van der Waals surface area contributed by atoms with Crippen LogP contribution in [0.4, 0.5) is 37.7 Å². The number of nitrogens with two attached hydrogens (primary N) is 1. The van der Waals surface area contributed by atoms with E-state index in [4.69, 9.17) is 5.73 Å². The Labute approximate surface area is 270 Å². The molecule has 4 aromatic carbocycles. The van der Waals surface area contributed by atoms with E-state index in [9.17, 15) is 31.1 Å². The Morgan fingerprint density at radius 3 is 1.79 bits per heavy atom. The summed E-state index contributed by atoms with van der Waals surface area (Å²) in [6.07, 6.45) is 6.78. The van der Waals surface area contributed by atoms with Crippen LogP contribution in [0.3, 0.4) is 0 Å². The van der Waals surface area contributed by atoms with Crippen molar-refractivity contribution in [2.75, 3.05) is 11.1 Å². The Morgan fingerprint density at radius 2 is 1.28 bits per heavy atom. The fourth-order valence-electron chi connectivity index (χ4n) is 5.36. The second-order valence-corrected chi connectivity index (χ2v) is 10.9. The number of benzene rings is 4.